The van der Waals surface area contributed by atoms with Gasteiger partial charge in [-0.2, -0.15) is 0 Å². The quantitative estimate of drug-likeness (QED) is 0.698. The fourth-order valence-electron chi connectivity index (χ4n) is 3.41. The van der Waals surface area contributed by atoms with Gasteiger partial charge in [-0.3, -0.25) is 9.59 Å². The van der Waals surface area contributed by atoms with Crippen molar-refractivity contribution in [3.63, 3.8) is 0 Å². The minimum atomic E-state index is -0.952. The lowest BCUT2D eigenvalue weighted by molar-refractivity contribution is -0.142. The molecule has 1 aliphatic carbocycles. The van der Waals surface area contributed by atoms with Crippen molar-refractivity contribution in [1.29, 1.82) is 0 Å². The molecule has 2 rings (SSSR count). The summed E-state index contributed by atoms with van der Waals surface area (Å²) >= 11 is 0. The highest BCUT2D eigenvalue weighted by Crippen LogP contribution is 2.42. The summed E-state index contributed by atoms with van der Waals surface area (Å²) in [4.78, 5) is 24.2. The molecule has 0 bridgehead atoms. The van der Waals surface area contributed by atoms with Gasteiger partial charge in [0, 0.05) is 18.9 Å². The molecule has 0 radical (unpaired) electrons. The summed E-state index contributed by atoms with van der Waals surface area (Å²) in [6, 6.07) is 7.10. The number of hydrogen-bond acceptors (Lipinski definition) is 3. The van der Waals surface area contributed by atoms with Crippen LogP contribution < -0.4 is 5.32 Å². The van der Waals surface area contributed by atoms with E-state index in [1.807, 2.05) is 6.92 Å². The smallest absolute Gasteiger partial charge is 0.313 e. The molecule has 1 amide bonds. The van der Waals surface area contributed by atoms with Crippen LogP contribution in [-0.4, -0.2) is 30.2 Å². The zero-order valence-corrected chi connectivity index (χ0v) is 15.4. The molecule has 25 heavy (non-hydrogen) atoms. The van der Waals surface area contributed by atoms with E-state index in [0.29, 0.717) is 24.5 Å². The van der Waals surface area contributed by atoms with Crippen molar-refractivity contribution in [3.05, 3.63) is 29.8 Å². The summed E-state index contributed by atoms with van der Waals surface area (Å²) < 4.78 is 5.46. The summed E-state index contributed by atoms with van der Waals surface area (Å²) in [7, 11) is 0. The number of amides is 1. The van der Waals surface area contributed by atoms with Crippen LogP contribution in [0.4, 0.5) is 5.69 Å². The Bertz CT molecular complexity index is 601. The highest BCUT2D eigenvalue weighted by molar-refractivity contribution is 5.95. The maximum Gasteiger partial charge on any atom is 0.313 e. The van der Waals surface area contributed by atoms with Gasteiger partial charge in [0.25, 0.3) is 0 Å². The number of hydrogen-bond donors (Lipinski definition) is 2. The Hall–Kier alpha value is -1.88. The molecular formula is C20H29NO4. The van der Waals surface area contributed by atoms with Crippen molar-refractivity contribution in [2.24, 2.45) is 5.41 Å². The molecule has 5 nitrogen and oxygen atoms in total. The van der Waals surface area contributed by atoms with Crippen LogP contribution in [0.5, 0.6) is 0 Å². The highest BCUT2D eigenvalue weighted by Gasteiger charge is 2.40. The number of carboxylic acid groups (broad SMARTS) is 1. The second kappa shape index (κ2) is 8.00. The van der Waals surface area contributed by atoms with Crippen LogP contribution in [0.15, 0.2) is 24.3 Å². The number of rotatable bonds is 8. The third-order valence-corrected chi connectivity index (χ3v) is 5.37. The van der Waals surface area contributed by atoms with Crippen molar-refractivity contribution in [2.45, 2.75) is 58.3 Å². The standard InChI is InChI=1S/C20H29NO4/c1-4-25-14-13-20(11-5-6-12-20)17(22)21-16-9-7-15(8-10-16)19(2,3)18(23)24/h7-10H,4-6,11-14H2,1-3H3,(H,21,22)(H,23,24). The van der Waals surface area contributed by atoms with Gasteiger partial charge in [0.1, 0.15) is 0 Å². The van der Waals surface area contributed by atoms with Crippen LogP contribution in [-0.2, 0) is 19.7 Å². The molecule has 1 fully saturated rings. The first-order valence-electron chi connectivity index (χ1n) is 9.05. The van der Waals surface area contributed by atoms with Crippen molar-refractivity contribution in [2.75, 3.05) is 18.5 Å². The zero-order valence-electron chi connectivity index (χ0n) is 15.4. The van der Waals surface area contributed by atoms with E-state index in [9.17, 15) is 14.7 Å². The fourth-order valence-corrected chi connectivity index (χ4v) is 3.41. The Labute approximate surface area is 149 Å². The number of nitrogens with one attached hydrogen (secondary N) is 1. The number of carbonyl (C=O) groups excluding carboxylic acids is 1. The van der Waals surface area contributed by atoms with Gasteiger partial charge in [-0.25, -0.2) is 0 Å². The van der Waals surface area contributed by atoms with Gasteiger partial charge >= 0.3 is 5.97 Å². The molecule has 0 aliphatic heterocycles. The number of aliphatic carboxylic acids is 1. The third-order valence-electron chi connectivity index (χ3n) is 5.37. The lowest BCUT2D eigenvalue weighted by Gasteiger charge is -2.28. The Kier molecular flexibility index (Phi) is 6.22. The molecule has 0 saturated heterocycles. The van der Waals surface area contributed by atoms with Crippen LogP contribution in [0, 0.1) is 5.41 Å². The summed E-state index contributed by atoms with van der Waals surface area (Å²) in [6.07, 6.45) is 4.69. The van der Waals surface area contributed by atoms with E-state index < -0.39 is 11.4 Å². The van der Waals surface area contributed by atoms with Crippen LogP contribution in [0.25, 0.3) is 0 Å². The summed E-state index contributed by atoms with van der Waals surface area (Å²) in [5.41, 5.74) is 0.128. The largest absolute Gasteiger partial charge is 0.481 e. The van der Waals surface area contributed by atoms with E-state index in [1.165, 1.54) is 0 Å². The molecule has 0 atom stereocenters. The maximum absolute atomic E-state index is 12.9. The number of anilines is 1. The SMILES string of the molecule is CCOCCC1(C(=O)Nc2ccc(C(C)(C)C(=O)O)cc2)CCCC1. The summed E-state index contributed by atoms with van der Waals surface area (Å²) in [5.74, 6) is -0.819. The second-order valence-corrected chi connectivity index (χ2v) is 7.40. The Balaban J connectivity index is 2.07. The topological polar surface area (TPSA) is 75.6 Å². The van der Waals surface area contributed by atoms with Crippen molar-refractivity contribution in [3.8, 4) is 0 Å². The molecule has 2 N–H and O–H groups in total. The monoisotopic (exact) mass is 347 g/mol. The molecule has 0 spiro atoms. The molecule has 1 aromatic carbocycles. The normalized spacial score (nSPS) is 16.6. The fraction of sp³-hybridized carbons (Fsp3) is 0.600. The molecule has 5 heteroatoms. The maximum atomic E-state index is 12.9. The lowest BCUT2D eigenvalue weighted by atomic mass is 9.81. The highest BCUT2D eigenvalue weighted by atomic mass is 16.5. The van der Waals surface area contributed by atoms with Crippen LogP contribution in [0.1, 0.15) is 58.4 Å². The molecule has 0 unspecified atom stereocenters. The van der Waals surface area contributed by atoms with Gasteiger partial charge < -0.3 is 15.2 Å². The van der Waals surface area contributed by atoms with Gasteiger partial charge in [-0.15, -0.1) is 0 Å². The number of benzene rings is 1. The van der Waals surface area contributed by atoms with Crippen LogP contribution in [0.3, 0.4) is 0 Å². The third kappa shape index (κ3) is 4.40. The van der Waals surface area contributed by atoms with Crippen LogP contribution >= 0.6 is 0 Å². The summed E-state index contributed by atoms with van der Waals surface area (Å²) in [5, 5.41) is 12.3. The van der Waals surface area contributed by atoms with E-state index in [-0.39, 0.29) is 11.3 Å². The molecule has 1 aromatic rings. The number of ether oxygens (including phenoxy) is 1. The van der Waals surface area contributed by atoms with Gasteiger partial charge in [-0.1, -0.05) is 25.0 Å². The molecule has 1 aliphatic rings. The molecule has 0 heterocycles. The Morgan fingerprint density at radius 2 is 1.80 bits per heavy atom. The Morgan fingerprint density at radius 1 is 1.20 bits per heavy atom. The Morgan fingerprint density at radius 3 is 2.32 bits per heavy atom. The van der Waals surface area contributed by atoms with Gasteiger partial charge in [0.05, 0.1) is 10.8 Å². The molecule has 0 aromatic heterocycles. The number of carboxylic acids is 1. The van der Waals surface area contributed by atoms with Crippen molar-refractivity contribution < 1.29 is 19.4 Å². The van der Waals surface area contributed by atoms with Gasteiger partial charge in [0.15, 0.2) is 0 Å². The van der Waals surface area contributed by atoms with E-state index in [0.717, 1.165) is 32.1 Å². The first kappa shape index (κ1) is 19.4. The van der Waals surface area contributed by atoms with E-state index in [4.69, 9.17) is 4.74 Å². The lowest BCUT2D eigenvalue weighted by Crippen LogP contribution is -2.35. The van der Waals surface area contributed by atoms with Gasteiger partial charge in [0.2, 0.25) is 5.91 Å². The average Bonchev–Trinajstić information content (AvgIpc) is 3.05. The minimum Gasteiger partial charge on any atom is -0.481 e. The molecular weight excluding hydrogens is 318 g/mol. The van der Waals surface area contributed by atoms with Crippen molar-refractivity contribution >= 4 is 17.6 Å². The minimum absolute atomic E-state index is 0.0509. The van der Waals surface area contributed by atoms with E-state index in [1.54, 1.807) is 38.1 Å². The first-order valence-corrected chi connectivity index (χ1v) is 9.05. The molecule has 138 valence electrons. The first-order chi connectivity index (χ1) is 11.8. The van der Waals surface area contributed by atoms with Crippen molar-refractivity contribution in [1.82, 2.24) is 0 Å². The predicted molar refractivity (Wildman–Crippen MR) is 97.7 cm³/mol. The van der Waals surface area contributed by atoms with E-state index in [2.05, 4.69) is 5.32 Å². The number of carbonyl (C=O) groups is 2. The zero-order chi connectivity index (χ0) is 18.5. The average molecular weight is 347 g/mol. The van der Waals surface area contributed by atoms with Crippen LogP contribution in [0.2, 0.25) is 0 Å². The predicted octanol–water partition coefficient (Wildman–Crippen LogP) is 3.97. The second-order valence-electron chi connectivity index (χ2n) is 7.40. The molecule has 1 saturated carbocycles. The van der Waals surface area contributed by atoms with E-state index >= 15 is 0 Å². The van der Waals surface area contributed by atoms with Gasteiger partial charge in [-0.05, 0) is 57.7 Å². The summed E-state index contributed by atoms with van der Waals surface area (Å²) in [6.45, 7) is 6.57.